The molecule has 26 heavy (non-hydrogen) atoms. The lowest BCUT2D eigenvalue weighted by atomic mass is 9.98. The Hall–Kier alpha value is -2.93. The van der Waals surface area contributed by atoms with Crippen molar-refractivity contribution in [1.82, 2.24) is 20.0 Å². The molecule has 1 fully saturated rings. The molecule has 0 radical (unpaired) electrons. The molecule has 0 aliphatic carbocycles. The second-order valence-electron chi connectivity index (χ2n) is 5.94. The van der Waals surface area contributed by atoms with E-state index in [0.29, 0.717) is 41.1 Å². The van der Waals surface area contributed by atoms with E-state index in [-0.39, 0.29) is 11.8 Å². The smallest absolute Gasteiger partial charge is 0.257 e. The zero-order valence-corrected chi connectivity index (χ0v) is 14.7. The molecular weight excluding hydrogens is 356 g/mol. The molecule has 0 spiro atoms. The van der Waals surface area contributed by atoms with E-state index in [2.05, 4.69) is 15.1 Å². The molecule has 4 rings (SSSR count). The number of halogens is 1. The number of likely N-dealkylation sites (tertiary alicyclic amines) is 1. The third-order valence-corrected chi connectivity index (χ3v) is 4.53. The number of hydrogen-bond acceptors (Lipinski definition) is 6. The average molecular weight is 371 g/mol. The number of rotatable bonds is 4. The lowest BCUT2D eigenvalue weighted by Gasteiger charge is -2.37. The van der Waals surface area contributed by atoms with Crippen molar-refractivity contribution in [2.45, 2.75) is 5.92 Å². The van der Waals surface area contributed by atoms with Crippen molar-refractivity contribution in [3.63, 3.8) is 0 Å². The van der Waals surface area contributed by atoms with Gasteiger partial charge in [0.25, 0.3) is 5.91 Å². The molecule has 132 valence electrons. The normalized spacial score (nSPS) is 14.2. The van der Waals surface area contributed by atoms with Gasteiger partial charge in [-0.3, -0.25) is 9.78 Å². The van der Waals surface area contributed by atoms with Crippen LogP contribution in [0, 0.1) is 0 Å². The summed E-state index contributed by atoms with van der Waals surface area (Å²) in [5, 5.41) is 4.49. The number of benzene rings is 1. The van der Waals surface area contributed by atoms with Crippen molar-refractivity contribution in [1.29, 1.82) is 0 Å². The second kappa shape index (κ2) is 6.76. The summed E-state index contributed by atoms with van der Waals surface area (Å²) in [6, 6.07) is 8.62. The van der Waals surface area contributed by atoms with Crippen LogP contribution < -0.4 is 4.74 Å². The van der Waals surface area contributed by atoms with Gasteiger partial charge in [0.2, 0.25) is 11.7 Å². The van der Waals surface area contributed by atoms with Gasteiger partial charge in [-0.1, -0.05) is 16.8 Å². The van der Waals surface area contributed by atoms with E-state index >= 15 is 0 Å². The predicted molar refractivity (Wildman–Crippen MR) is 94.2 cm³/mol. The number of amides is 1. The van der Waals surface area contributed by atoms with Crippen LogP contribution >= 0.6 is 11.6 Å². The zero-order valence-electron chi connectivity index (χ0n) is 13.9. The maximum atomic E-state index is 12.7. The van der Waals surface area contributed by atoms with Gasteiger partial charge in [-0.15, -0.1) is 0 Å². The topological polar surface area (TPSA) is 81.4 Å². The maximum Gasteiger partial charge on any atom is 0.257 e. The molecule has 1 amide bonds. The zero-order chi connectivity index (χ0) is 18.1. The Morgan fingerprint density at radius 2 is 2.04 bits per heavy atom. The number of carbonyl (C=O) groups is 1. The Morgan fingerprint density at radius 3 is 2.77 bits per heavy atom. The summed E-state index contributed by atoms with van der Waals surface area (Å²) >= 11 is 6.01. The number of pyridine rings is 1. The lowest BCUT2D eigenvalue weighted by Crippen LogP contribution is -2.48. The Morgan fingerprint density at radius 1 is 1.27 bits per heavy atom. The fourth-order valence-corrected chi connectivity index (χ4v) is 3.01. The Kier molecular flexibility index (Phi) is 4.30. The molecule has 0 bridgehead atoms. The molecule has 0 unspecified atom stereocenters. The first kappa shape index (κ1) is 16.5. The number of carbonyl (C=O) groups excluding carboxylic acids is 1. The highest BCUT2D eigenvalue weighted by Gasteiger charge is 2.37. The number of methoxy groups -OCH3 is 1. The largest absolute Gasteiger partial charge is 0.496 e. The molecule has 2 aromatic heterocycles. The third kappa shape index (κ3) is 3.01. The van der Waals surface area contributed by atoms with Gasteiger partial charge >= 0.3 is 0 Å². The van der Waals surface area contributed by atoms with E-state index in [1.807, 2.05) is 12.1 Å². The SMILES string of the molecule is COc1ccc(Cl)cc1C(=O)N1CC(c2nc(-c3ccncc3)no2)C1. The van der Waals surface area contributed by atoms with Gasteiger partial charge in [-0.25, -0.2) is 0 Å². The fourth-order valence-electron chi connectivity index (χ4n) is 2.84. The molecule has 0 atom stereocenters. The third-order valence-electron chi connectivity index (χ3n) is 4.29. The molecule has 0 saturated carbocycles. The van der Waals surface area contributed by atoms with Crippen molar-refractivity contribution < 1.29 is 14.1 Å². The van der Waals surface area contributed by atoms with Gasteiger partial charge in [-0.05, 0) is 30.3 Å². The minimum absolute atomic E-state index is 0.0206. The van der Waals surface area contributed by atoms with Crippen molar-refractivity contribution in [3.8, 4) is 17.1 Å². The maximum absolute atomic E-state index is 12.7. The van der Waals surface area contributed by atoms with Crippen LogP contribution in [0.5, 0.6) is 5.75 Å². The monoisotopic (exact) mass is 370 g/mol. The lowest BCUT2D eigenvalue weighted by molar-refractivity contribution is 0.0566. The van der Waals surface area contributed by atoms with E-state index in [9.17, 15) is 4.79 Å². The highest BCUT2D eigenvalue weighted by molar-refractivity contribution is 6.31. The van der Waals surface area contributed by atoms with Crippen molar-refractivity contribution >= 4 is 17.5 Å². The quantitative estimate of drug-likeness (QED) is 0.702. The minimum Gasteiger partial charge on any atom is -0.496 e. The Labute approximate surface area is 154 Å². The van der Waals surface area contributed by atoms with Crippen molar-refractivity contribution in [2.75, 3.05) is 20.2 Å². The van der Waals surface area contributed by atoms with Gasteiger partial charge in [0, 0.05) is 36.1 Å². The standard InChI is InChI=1S/C18H15ClN4O3/c1-25-15-3-2-13(19)8-14(15)18(24)23-9-12(10-23)17-21-16(22-26-17)11-4-6-20-7-5-11/h2-8,12H,9-10H2,1H3. The molecule has 8 heteroatoms. The molecule has 0 N–H and O–H groups in total. The van der Waals surface area contributed by atoms with Gasteiger partial charge in [0.1, 0.15) is 5.75 Å². The molecule has 1 saturated heterocycles. The Balaban J connectivity index is 1.45. The summed E-state index contributed by atoms with van der Waals surface area (Å²) in [6.07, 6.45) is 3.35. The van der Waals surface area contributed by atoms with Crippen LogP contribution in [0.4, 0.5) is 0 Å². The molecule has 7 nitrogen and oxygen atoms in total. The average Bonchev–Trinajstić information content (AvgIpc) is 3.10. The summed E-state index contributed by atoms with van der Waals surface area (Å²) in [5.74, 6) is 1.44. The highest BCUT2D eigenvalue weighted by atomic mass is 35.5. The predicted octanol–water partition coefficient (Wildman–Crippen LogP) is 3.03. The van der Waals surface area contributed by atoms with Crippen LogP contribution in [0.3, 0.4) is 0 Å². The summed E-state index contributed by atoms with van der Waals surface area (Å²) in [5.41, 5.74) is 1.28. The Bertz CT molecular complexity index is 939. The summed E-state index contributed by atoms with van der Waals surface area (Å²) < 4.78 is 10.6. The molecule has 1 aliphatic rings. The summed E-state index contributed by atoms with van der Waals surface area (Å²) in [4.78, 5) is 22.8. The number of ether oxygens (including phenoxy) is 1. The first-order chi connectivity index (χ1) is 12.7. The van der Waals surface area contributed by atoms with Crippen LogP contribution in [-0.4, -0.2) is 46.1 Å². The molecule has 1 aliphatic heterocycles. The van der Waals surface area contributed by atoms with E-state index in [0.717, 1.165) is 5.56 Å². The van der Waals surface area contributed by atoms with Crippen LogP contribution in [0.1, 0.15) is 22.2 Å². The summed E-state index contributed by atoms with van der Waals surface area (Å²) in [7, 11) is 1.53. The van der Waals surface area contributed by atoms with Gasteiger partial charge in [-0.2, -0.15) is 4.98 Å². The van der Waals surface area contributed by atoms with Gasteiger partial charge in [0.15, 0.2) is 0 Å². The first-order valence-electron chi connectivity index (χ1n) is 8.02. The van der Waals surface area contributed by atoms with E-state index in [1.54, 1.807) is 35.5 Å². The number of hydrogen-bond donors (Lipinski definition) is 0. The van der Waals surface area contributed by atoms with Crippen molar-refractivity contribution in [2.24, 2.45) is 0 Å². The highest BCUT2D eigenvalue weighted by Crippen LogP contribution is 2.31. The number of aromatic nitrogens is 3. The van der Waals surface area contributed by atoms with Crippen LogP contribution in [0.25, 0.3) is 11.4 Å². The van der Waals surface area contributed by atoms with Crippen LogP contribution in [0.15, 0.2) is 47.2 Å². The second-order valence-corrected chi connectivity index (χ2v) is 6.38. The molecular formula is C18H15ClN4O3. The van der Waals surface area contributed by atoms with E-state index in [1.165, 1.54) is 7.11 Å². The van der Waals surface area contributed by atoms with E-state index in [4.69, 9.17) is 20.9 Å². The fraction of sp³-hybridized carbons (Fsp3) is 0.222. The van der Waals surface area contributed by atoms with Gasteiger partial charge in [0.05, 0.1) is 18.6 Å². The summed E-state index contributed by atoms with van der Waals surface area (Å²) in [6.45, 7) is 1.01. The molecule has 1 aromatic carbocycles. The van der Waals surface area contributed by atoms with E-state index < -0.39 is 0 Å². The molecule has 3 heterocycles. The van der Waals surface area contributed by atoms with Gasteiger partial charge < -0.3 is 14.2 Å². The van der Waals surface area contributed by atoms with Crippen LogP contribution in [0.2, 0.25) is 5.02 Å². The molecule has 3 aromatic rings. The first-order valence-corrected chi connectivity index (χ1v) is 8.40. The van der Waals surface area contributed by atoms with Crippen LogP contribution in [-0.2, 0) is 0 Å². The van der Waals surface area contributed by atoms with Crippen molar-refractivity contribution in [3.05, 3.63) is 59.2 Å². The minimum atomic E-state index is -0.130. The number of nitrogens with zero attached hydrogens (tertiary/aromatic N) is 4.